The summed E-state index contributed by atoms with van der Waals surface area (Å²) >= 11 is 6.08. The lowest BCUT2D eigenvalue weighted by molar-refractivity contribution is 0.433. The number of benzene rings is 1. The van der Waals surface area contributed by atoms with Crippen LogP contribution in [0.1, 0.15) is 36.9 Å². The zero-order chi connectivity index (χ0) is 13.9. The van der Waals surface area contributed by atoms with Crippen LogP contribution in [0.4, 0.5) is 5.69 Å². The summed E-state index contributed by atoms with van der Waals surface area (Å²) in [6.07, 6.45) is 5.76. The monoisotopic (exact) mass is 320 g/mol. The molecule has 2 aliphatic rings. The van der Waals surface area contributed by atoms with Crippen molar-refractivity contribution in [2.45, 2.75) is 32.1 Å². The molecular weight excluding hydrogens is 303 g/mol. The summed E-state index contributed by atoms with van der Waals surface area (Å²) in [5.41, 5.74) is 12.3. The zero-order valence-corrected chi connectivity index (χ0v) is 13.5. The predicted octanol–water partition coefficient (Wildman–Crippen LogP) is 4.89. The average Bonchev–Trinajstić information content (AvgIpc) is 2.36. The van der Waals surface area contributed by atoms with E-state index in [9.17, 15) is 0 Å². The van der Waals surface area contributed by atoms with Crippen LogP contribution in [0.25, 0.3) is 10.9 Å². The molecule has 0 saturated carbocycles. The second-order valence-corrected chi connectivity index (χ2v) is 6.60. The number of hydrogen-bond donors (Lipinski definition) is 1. The Balaban J connectivity index is 0.00000132. The number of pyridine rings is 1. The summed E-state index contributed by atoms with van der Waals surface area (Å²) in [4.78, 5) is 4.85. The number of halogens is 2. The van der Waals surface area contributed by atoms with Crippen LogP contribution in [0, 0.1) is 5.92 Å². The summed E-state index contributed by atoms with van der Waals surface area (Å²) in [5, 5.41) is 1.76. The molecule has 1 aromatic carbocycles. The molecule has 21 heavy (non-hydrogen) atoms. The lowest BCUT2D eigenvalue weighted by Gasteiger charge is -2.35. The third kappa shape index (κ3) is 2.31. The van der Waals surface area contributed by atoms with Gasteiger partial charge in [0.15, 0.2) is 0 Å². The summed E-state index contributed by atoms with van der Waals surface area (Å²) < 4.78 is 0. The van der Waals surface area contributed by atoms with E-state index in [1.54, 1.807) is 0 Å². The molecule has 4 rings (SSSR count). The van der Waals surface area contributed by atoms with Crippen molar-refractivity contribution in [2.75, 3.05) is 5.73 Å². The Morgan fingerprint density at radius 2 is 2.10 bits per heavy atom. The largest absolute Gasteiger partial charge is 0.398 e. The summed E-state index contributed by atoms with van der Waals surface area (Å²) in [5.74, 6) is 1.17. The first-order valence-electron chi connectivity index (χ1n) is 7.16. The highest BCUT2D eigenvalue weighted by Gasteiger charge is 2.32. The van der Waals surface area contributed by atoms with Gasteiger partial charge in [0.25, 0.3) is 0 Å². The van der Waals surface area contributed by atoms with Crippen LogP contribution < -0.4 is 5.73 Å². The Hall–Kier alpha value is -1.25. The standard InChI is InChI=1S/C17H17ClN2.ClH/c1-9-4-10-6-11(5-9)16-15(7-10)20-14-8-12(18)2-3-13(14)17(16)19;/h2-4,8,10-11H,5-7H2,1H3,(H2,19,20);1H. The molecule has 0 spiro atoms. The van der Waals surface area contributed by atoms with Crippen LogP contribution in [-0.4, -0.2) is 4.98 Å². The minimum atomic E-state index is 0. The van der Waals surface area contributed by atoms with E-state index < -0.39 is 0 Å². The lowest BCUT2D eigenvalue weighted by atomic mass is 9.71. The molecule has 2 bridgehead atoms. The van der Waals surface area contributed by atoms with Crippen LogP contribution in [0.2, 0.25) is 5.02 Å². The molecule has 2 unspecified atom stereocenters. The number of fused-ring (bicyclic) bond motifs is 5. The third-order valence-electron chi connectivity index (χ3n) is 4.65. The molecule has 0 saturated heterocycles. The number of aromatic nitrogens is 1. The molecule has 1 aromatic heterocycles. The smallest absolute Gasteiger partial charge is 0.0741 e. The van der Waals surface area contributed by atoms with Crippen LogP contribution in [0.15, 0.2) is 29.8 Å². The number of anilines is 1. The molecule has 0 fully saturated rings. The van der Waals surface area contributed by atoms with E-state index in [0.29, 0.717) is 11.8 Å². The summed E-state index contributed by atoms with van der Waals surface area (Å²) in [6, 6.07) is 5.81. The molecule has 0 amide bonds. The highest BCUT2D eigenvalue weighted by Crippen LogP contribution is 2.46. The maximum atomic E-state index is 6.47. The minimum absolute atomic E-state index is 0. The van der Waals surface area contributed by atoms with Crippen molar-refractivity contribution in [3.05, 3.63) is 46.1 Å². The van der Waals surface area contributed by atoms with Gasteiger partial charge in [-0.2, -0.15) is 0 Å². The van der Waals surface area contributed by atoms with E-state index >= 15 is 0 Å². The highest BCUT2D eigenvalue weighted by atomic mass is 35.5. The van der Waals surface area contributed by atoms with Crippen molar-refractivity contribution in [3.8, 4) is 0 Å². The third-order valence-corrected chi connectivity index (χ3v) is 4.88. The van der Waals surface area contributed by atoms with Gasteiger partial charge in [-0.05, 0) is 56.2 Å². The Labute approximate surface area is 135 Å². The maximum Gasteiger partial charge on any atom is 0.0741 e. The molecule has 0 aliphatic heterocycles. The highest BCUT2D eigenvalue weighted by molar-refractivity contribution is 6.31. The average molecular weight is 321 g/mol. The molecule has 2 atom stereocenters. The fraction of sp³-hybridized carbons (Fsp3) is 0.353. The minimum Gasteiger partial charge on any atom is -0.398 e. The molecule has 2 aliphatic carbocycles. The molecule has 2 nitrogen and oxygen atoms in total. The molecular formula is C17H18Cl2N2. The van der Waals surface area contributed by atoms with Gasteiger partial charge in [0, 0.05) is 27.4 Å². The molecule has 1 heterocycles. The van der Waals surface area contributed by atoms with E-state index in [4.69, 9.17) is 22.3 Å². The van der Waals surface area contributed by atoms with Gasteiger partial charge in [-0.1, -0.05) is 23.3 Å². The van der Waals surface area contributed by atoms with Gasteiger partial charge in [-0.25, -0.2) is 0 Å². The Bertz CT molecular complexity index is 752. The SMILES string of the molecule is CC1=CC2Cc3nc4cc(Cl)ccc4c(N)c3C(C1)C2.Cl. The fourth-order valence-corrected chi connectivity index (χ4v) is 4.10. The van der Waals surface area contributed by atoms with Gasteiger partial charge in [0.2, 0.25) is 0 Å². The molecule has 0 radical (unpaired) electrons. The van der Waals surface area contributed by atoms with E-state index in [1.807, 2.05) is 18.2 Å². The van der Waals surface area contributed by atoms with E-state index in [1.165, 1.54) is 23.3 Å². The Kier molecular flexibility index (Phi) is 3.62. The second kappa shape index (κ2) is 5.19. The van der Waals surface area contributed by atoms with E-state index in [2.05, 4.69) is 13.0 Å². The predicted molar refractivity (Wildman–Crippen MR) is 91.3 cm³/mol. The quantitative estimate of drug-likeness (QED) is 0.702. The first-order chi connectivity index (χ1) is 9.61. The Morgan fingerprint density at radius 1 is 1.29 bits per heavy atom. The maximum absolute atomic E-state index is 6.47. The van der Waals surface area contributed by atoms with Crippen molar-refractivity contribution >= 4 is 40.6 Å². The van der Waals surface area contributed by atoms with Crippen LogP contribution in [0.3, 0.4) is 0 Å². The van der Waals surface area contributed by atoms with Crippen molar-refractivity contribution in [1.82, 2.24) is 4.98 Å². The van der Waals surface area contributed by atoms with Crippen molar-refractivity contribution in [3.63, 3.8) is 0 Å². The van der Waals surface area contributed by atoms with Gasteiger partial charge in [0.05, 0.1) is 5.52 Å². The number of nitrogen functional groups attached to an aromatic ring is 1. The van der Waals surface area contributed by atoms with Crippen molar-refractivity contribution in [1.29, 1.82) is 0 Å². The zero-order valence-electron chi connectivity index (χ0n) is 11.9. The van der Waals surface area contributed by atoms with E-state index in [-0.39, 0.29) is 12.4 Å². The fourth-order valence-electron chi connectivity index (χ4n) is 3.93. The molecule has 2 N–H and O–H groups in total. The van der Waals surface area contributed by atoms with Crippen LogP contribution in [-0.2, 0) is 6.42 Å². The second-order valence-electron chi connectivity index (χ2n) is 6.16. The number of rotatable bonds is 0. The number of hydrogen-bond acceptors (Lipinski definition) is 2. The number of nitrogens with zero attached hydrogens (tertiary/aromatic N) is 1. The normalized spacial score (nSPS) is 23.2. The lowest BCUT2D eigenvalue weighted by Crippen LogP contribution is -2.24. The van der Waals surface area contributed by atoms with Gasteiger partial charge in [0.1, 0.15) is 0 Å². The van der Waals surface area contributed by atoms with Gasteiger partial charge in [-0.3, -0.25) is 4.98 Å². The molecule has 4 heteroatoms. The first-order valence-corrected chi connectivity index (χ1v) is 7.54. The molecule has 2 aromatic rings. The van der Waals surface area contributed by atoms with Gasteiger partial charge >= 0.3 is 0 Å². The van der Waals surface area contributed by atoms with Gasteiger partial charge < -0.3 is 5.73 Å². The topological polar surface area (TPSA) is 38.9 Å². The Morgan fingerprint density at radius 3 is 2.90 bits per heavy atom. The van der Waals surface area contributed by atoms with E-state index in [0.717, 1.165) is 34.5 Å². The van der Waals surface area contributed by atoms with Gasteiger partial charge in [-0.15, -0.1) is 12.4 Å². The summed E-state index contributed by atoms with van der Waals surface area (Å²) in [7, 11) is 0. The van der Waals surface area contributed by atoms with Crippen molar-refractivity contribution in [2.24, 2.45) is 5.92 Å². The first kappa shape index (κ1) is 14.7. The summed E-state index contributed by atoms with van der Waals surface area (Å²) in [6.45, 7) is 2.23. The van der Waals surface area contributed by atoms with Crippen molar-refractivity contribution < 1.29 is 0 Å². The van der Waals surface area contributed by atoms with Crippen LogP contribution >= 0.6 is 24.0 Å². The van der Waals surface area contributed by atoms with Crippen LogP contribution in [0.5, 0.6) is 0 Å². The number of allylic oxidation sites excluding steroid dienone is 2. The number of nitrogens with two attached hydrogens (primary N) is 1. The molecule has 110 valence electrons.